The first kappa shape index (κ1) is 20.0. The van der Waals surface area contributed by atoms with Crippen molar-refractivity contribution in [2.45, 2.75) is 0 Å². The smallest absolute Gasteiger partial charge is 0.128 e. The topological polar surface area (TPSA) is 31.2 Å². The van der Waals surface area contributed by atoms with Gasteiger partial charge in [0.2, 0.25) is 0 Å². The Bertz CT molecular complexity index is 802. The fourth-order valence-corrected chi connectivity index (χ4v) is 2.64. The highest BCUT2D eigenvalue weighted by Gasteiger charge is 2.08. The third-order valence-corrected chi connectivity index (χ3v) is 3.92. The highest BCUT2D eigenvalue weighted by atomic mass is 35.5. The number of rotatable bonds is 5. The molecular formula is C20H22Cl2N4. The van der Waals surface area contributed by atoms with Gasteiger partial charge in [-0.2, -0.15) is 0 Å². The van der Waals surface area contributed by atoms with Crippen LogP contribution >= 0.6 is 23.2 Å². The van der Waals surface area contributed by atoms with Crippen LogP contribution in [0.4, 0.5) is 11.4 Å². The first-order chi connectivity index (χ1) is 12.4. The van der Waals surface area contributed by atoms with E-state index in [4.69, 9.17) is 23.2 Å². The Morgan fingerprint density at radius 1 is 0.962 bits per heavy atom. The van der Waals surface area contributed by atoms with Gasteiger partial charge in [0, 0.05) is 28.2 Å². The predicted molar refractivity (Wildman–Crippen MR) is 115 cm³/mol. The fraction of sp³-hybridized carbons (Fsp3) is 0.200. The molecule has 0 bridgehead atoms. The number of halogens is 2. The lowest BCUT2D eigenvalue weighted by Crippen LogP contribution is -2.19. The first-order valence-corrected chi connectivity index (χ1v) is 8.81. The monoisotopic (exact) mass is 388 g/mol. The maximum absolute atomic E-state index is 6.34. The molecule has 0 spiro atoms. The van der Waals surface area contributed by atoms with E-state index < -0.39 is 0 Å². The summed E-state index contributed by atoms with van der Waals surface area (Å²) in [6.45, 7) is 0. The van der Waals surface area contributed by atoms with E-state index in [1.165, 1.54) is 0 Å². The maximum Gasteiger partial charge on any atom is 0.128 e. The Kier molecular flexibility index (Phi) is 7.25. The van der Waals surface area contributed by atoms with E-state index in [-0.39, 0.29) is 0 Å². The molecule has 2 aromatic carbocycles. The second kappa shape index (κ2) is 9.41. The first-order valence-electron chi connectivity index (χ1n) is 8.05. The molecule has 0 saturated carbocycles. The van der Waals surface area contributed by atoms with Gasteiger partial charge in [-0.05, 0) is 23.8 Å². The molecule has 0 aliphatic rings. The summed E-state index contributed by atoms with van der Waals surface area (Å²) in [6.07, 6.45) is 5.62. The number of nitrogens with zero attached hydrogens (tertiary/aromatic N) is 4. The van der Waals surface area contributed by atoms with Crippen molar-refractivity contribution < 1.29 is 0 Å². The molecule has 2 rings (SSSR count). The quantitative estimate of drug-likeness (QED) is 0.498. The van der Waals surface area contributed by atoms with Crippen LogP contribution < -0.4 is 0 Å². The summed E-state index contributed by atoms with van der Waals surface area (Å²) in [5.74, 6) is 0.783. The average Bonchev–Trinajstić information content (AvgIpc) is 2.58. The van der Waals surface area contributed by atoms with Gasteiger partial charge in [0.05, 0.1) is 22.1 Å². The molecule has 0 fully saturated rings. The Morgan fingerprint density at radius 2 is 1.58 bits per heavy atom. The van der Waals surface area contributed by atoms with Crippen LogP contribution in [0.1, 0.15) is 5.56 Å². The molecular weight excluding hydrogens is 367 g/mol. The number of hydrogen-bond donors (Lipinski definition) is 0. The molecule has 6 heteroatoms. The number of benzene rings is 2. The molecule has 0 amide bonds. The van der Waals surface area contributed by atoms with Crippen LogP contribution in [0.2, 0.25) is 10.0 Å². The number of likely N-dealkylation sites (N-methyl/N-ethyl adjacent to an activating group) is 1. The van der Waals surface area contributed by atoms with Crippen LogP contribution in [0.15, 0.2) is 58.5 Å². The van der Waals surface area contributed by atoms with Gasteiger partial charge in [0.25, 0.3) is 0 Å². The average molecular weight is 389 g/mol. The second-order valence-electron chi connectivity index (χ2n) is 6.07. The second-order valence-corrected chi connectivity index (χ2v) is 6.89. The summed E-state index contributed by atoms with van der Waals surface area (Å²) < 4.78 is 0. The molecule has 0 radical (unpaired) electrons. The van der Waals surface area contributed by atoms with E-state index in [9.17, 15) is 0 Å². The number of aliphatic imine (C=N–C) groups is 2. The van der Waals surface area contributed by atoms with Crippen molar-refractivity contribution in [2.24, 2.45) is 9.98 Å². The number of hydrogen-bond acceptors (Lipinski definition) is 2. The third-order valence-electron chi connectivity index (χ3n) is 3.35. The maximum atomic E-state index is 6.34. The molecule has 0 unspecified atom stereocenters. The van der Waals surface area contributed by atoms with Gasteiger partial charge >= 0.3 is 0 Å². The van der Waals surface area contributed by atoms with Crippen LogP contribution in [0.25, 0.3) is 6.08 Å². The van der Waals surface area contributed by atoms with E-state index >= 15 is 0 Å². The van der Waals surface area contributed by atoms with E-state index in [0.29, 0.717) is 21.4 Å². The Labute approximate surface area is 165 Å². The van der Waals surface area contributed by atoms with Gasteiger partial charge < -0.3 is 9.80 Å². The van der Waals surface area contributed by atoms with Crippen LogP contribution in [0.5, 0.6) is 0 Å². The minimum absolute atomic E-state index is 0.458. The van der Waals surface area contributed by atoms with Crippen molar-refractivity contribution in [3.05, 3.63) is 64.1 Å². The van der Waals surface area contributed by atoms with Gasteiger partial charge in [-0.3, -0.25) is 0 Å². The minimum Gasteiger partial charge on any atom is -0.369 e. The molecule has 0 aliphatic carbocycles. The summed E-state index contributed by atoms with van der Waals surface area (Å²) in [5, 5.41) is 0.916. The molecule has 26 heavy (non-hydrogen) atoms. The molecule has 0 saturated heterocycles. The van der Waals surface area contributed by atoms with E-state index in [0.717, 1.165) is 11.4 Å². The van der Waals surface area contributed by atoms with Gasteiger partial charge in [-0.25, -0.2) is 9.98 Å². The van der Waals surface area contributed by atoms with Gasteiger partial charge in [-0.15, -0.1) is 0 Å². The van der Waals surface area contributed by atoms with Gasteiger partial charge in [-0.1, -0.05) is 59.6 Å². The normalized spacial score (nSPS) is 12.2. The largest absolute Gasteiger partial charge is 0.369 e. The highest BCUT2D eigenvalue weighted by Crippen LogP contribution is 2.37. The van der Waals surface area contributed by atoms with Crippen molar-refractivity contribution in [1.82, 2.24) is 9.80 Å². The third kappa shape index (κ3) is 5.90. The Hall–Kier alpha value is -2.30. The standard InChI is InChI=1S/C20H22Cl2N4/c1-25(2)14-23-20-17(21)12-16(13-18(20)22)24-19(26(3)4)11-10-15-8-6-5-7-9-15/h5-14H,1-4H3. The summed E-state index contributed by atoms with van der Waals surface area (Å²) in [5.41, 5.74) is 2.31. The van der Waals surface area contributed by atoms with Gasteiger partial charge in [0.15, 0.2) is 0 Å². The lowest BCUT2D eigenvalue weighted by molar-refractivity contribution is 0.627. The molecule has 4 nitrogen and oxygen atoms in total. The van der Waals surface area contributed by atoms with Crippen LogP contribution in [-0.4, -0.2) is 50.2 Å². The summed E-state index contributed by atoms with van der Waals surface area (Å²) in [4.78, 5) is 12.7. The lowest BCUT2D eigenvalue weighted by atomic mass is 10.2. The van der Waals surface area contributed by atoms with Crippen molar-refractivity contribution >= 4 is 52.8 Å². The predicted octanol–water partition coefficient (Wildman–Crippen LogP) is 5.52. The minimum atomic E-state index is 0.458. The SMILES string of the molecule is CN(C)C=Nc1c(Cl)cc(N=C(C=Cc2ccccc2)N(C)C)cc1Cl. The Morgan fingerprint density at radius 3 is 2.12 bits per heavy atom. The number of amidine groups is 1. The van der Waals surface area contributed by atoms with E-state index in [2.05, 4.69) is 9.98 Å². The molecule has 136 valence electrons. The molecule has 0 heterocycles. The zero-order valence-electron chi connectivity index (χ0n) is 15.3. The molecule has 0 N–H and O–H groups in total. The zero-order valence-corrected chi connectivity index (χ0v) is 16.8. The van der Waals surface area contributed by atoms with Crippen LogP contribution in [-0.2, 0) is 0 Å². The van der Waals surface area contributed by atoms with Gasteiger partial charge in [0.1, 0.15) is 11.5 Å². The van der Waals surface area contributed by atoms with Crippen LogP contribution in [0.3, 0.4) is 0 Å². The van der Waals surface area contributed by atoms with Crippen molar-refractivity contribution in [3.63, 3.8) is 0 Å². The van der Waals surface area contributed by atoms with E-state index in [1.807, 2.05) is 80.5 Å². The molecule has 0 aliphatic heterocycles. The van der Waals surface area contributed by atoms with Crippen LogP contribution in [0, 0.1) is 0 Å². The summed E-state index contributed by atoms with van der Waals surface area (Å²) in [6, 6.07) is 13.6. The van der Waals surface area contributed by atoms with Crippen molar-refractivity contribution in [3.8, 4) is 0 Å². The fourth-order valence-electron chi connectivity index (χ4n) is 2.07. The Balaban J connectivity index is 2.34. The molecule has 0 atom stereocenters. The summed E-state index contributed by atoms with van der Waals surface area (Å²) in [7, 11) is 7.64. The summed E-state index contributed by atoms with van der Waals surface area (Å²) >= 11 is 12.7. The molecule has 2 aromatic rings. The van der Waals surface area contributed by atoms with E-state index in [1.54, 1.807) is 18.5 Å². The van der Waals surface area contributed by atoms with Crippen molar-refractivity contribution in [2.75, 3.05) is 28.2 Å². The van der Waals surface area contributed by atoms with Crippen molar-refractivity contribution in [1.29, 1.82) is 0 Å². The lowest BCUT2D eigenvalue weighted by Gasteiger charge is -2.13. The zero-order chi connectivity index (χ0) is 19.1. The highest BCUT2D eigenvalue weighted by molar-refractivity contribution is 6.39. The molecule has 0 aromatic heterocycles.